The molecule has 202 valence electrons. The van der Waals surface area contributed by atoms with Gasteiger partial charge in [-0.15, -0.1) is 11.3 Å². The van der Waals surface area contributed by atoms with Gasteiger partial charge in [0.15, 0.2) is 0 Å². The summed E-state index contributed by atoms with van der Waals surface area (Å²) < 4.78 is 7.05. The van der Waals surface area contributed by atoms with Gasteiger partial charge in [0.2, 0.25) is 5.91 Å². The molecule has 2 aromatic heterocycles. The number of aromatic nitrogens is 2. The maximum absolute atomic E-state index is 13.7. The number of ether oxygens (including phenoxy) is 1. The van der Waals surface area contributed by atoms with E-state index in [4.69, 9.17) is 4.74 Å². The number of imidazole rings is 1. The van der Waals surface area contributed by atoms with Crippen LogP contribution in [0.3, 0.4) is 0 Å². The minimum atomic E-state index is -1.07. The van der Waals surface area contributed by atoms with Crippen LogP contribution < -0.4 is 10.2 Å². The van der Waals surface area contributed by atoms with Gasteiger partial charge >= 0.3 is 5.97 Å². The molecule has 1 aliphatic rings. The number of nitrogens with zero attached hydrogens (tertiary/aromatic N) is 3. The molecule has 0 aliphatic heterocycles. The predicted molar refractivity (Wildman–Crippen MR) is 148 cm³/mol. The Kier molecular flexibility index (Phi) is 8.63. The third-order valence-electron chi connectivity index (χ3n) is 6.98. The highest BCUT2D eigenvalue weighted by Crippen LogP contribution is 2.40. The van der Waals surface area contributed by atoms with E-state index in [1.807, 2.05) is 19.1 Å². The molecular weight excluding hydrogens is 504 g/mol. The summed E-state index contributed by atoms with van der Waals surface area (Å²) >= 11 is 1.13. The Morgan fingerprint density at radius 1 is 1.21 bits per heavy atom. The Hall–Kier alpha value is -3.50. The molecule has 2 amide bonds. The van der Waals surface area contributed by atoms with Gasteiger partial charge < -0.3 is 24.6 Å². The van der Waals surface area contributed by atoms with Gasteiger partial charge in [-0.3, -0.25) is 9.59 Å². The number of nitrogens with one attached hydrogen (secondary N) is 1. The lowest BCUT2D eigenvalue weighted by Gasteiger charge is -2.34. The van der Waals surface area contributed by atoms with Crippen molar-refractivity contribution in [3.8, 4) is 10.4 Å². The highest BCUT2D eigenvalue weighted by atomic mass is 32.1. The number of rotatable bonds is 9. The van der Waals surface area contributed by atoms with Crippen molar-refractivity contribution in [3.05, 3.63) is 53.4 Å². The van der Waals surface area contributed by atoms with E-state index in [0.29, 0.717) is 29.6 Å². The van der Waals surface area contributed by atoms with Crippen molar-refractivity contribution in [1.82, 2.24) is 9.55 Å². The van der Waals surface area contributed by atoms with Crippen LogP contribution in [0.25, 0.3) is 10.4 Å². The van der Waals surface area contributed by atoms with Crippen LogP contribution in [0.15, 0.2) is 42.9 Å². The molecule has 1 aromatic carbocycles. The van der Waals surface area contributed by atoms with Crippen molar-refractivity contribution in [2.24, 2.45) is 18.9 Å². The maximum atomic E-state index is 13.7. The van der Waals surface area contributed by atoms with Gasteiger partial charge in [-0.1, -0.05) is 19.1 Å². The normalized spacial score (nSPS) is 18.1. The predicted octanol–water partition coefficient (Wildman–Crippen LogP) is 5.29. The van der Waals surface area contributed by atoms with Crippen molar-refractivity contribution >= 4 is 40.5 Å². The van der Waals surface area contributed by atoms with Crippen LogP contribution >= 0.6 is 11.3 Å². The lowest BCUT2D eigenvalue weighted by atomic mass is 9.82. The first-order chi connectivity index (χ1) is 18.2. The van der Waals surface area contributed by atoms with Gasteiger partial charge in [0.05, 0.1) is 24.7 Å². The number of hydrogen-bond acceptors (Lipinski definition) is 6. The average Bonchev–Trinajstić information content (AvgIpc) is 3.52. The summed E-state index contributed by atoms with van der Waals surface area (Å²) in [5.41, 5.74) is 2.10. The highest BCUT2D eigenvalue weighted by Gasteiger charge is 2.34. The molecule has 10 heteroatoms. The van der Waals surface area contributed by atoms with Crippen molar-refractivity contribution in [2.75, 3.05) is 23.9 Å². The molecule has 0 radical (unpaired) electrons. The summed E-state index contributed by atoms with van der Waals surface area (Å²) in [5.74, 6) is -0.959. The molecule has 38 heavy (non-hydrogen) atoms. The standard InChI is InChI=1S/C28H34N4O5S/c1-17-5-7-20(8-6-17)27(34)32(18(2)15-37-4)23-13-24(38-25(23)28(35)36)19-9-11-21(12-10-19)30-26(33)22-14-31(3)16-29-22/h9-14,16-18,20H,5-8,15H2,1-4H3,(H,30,33)(H,35,36). The van der Waals surface area contributed by atoms with E-state index in [1.54, 1.807) is 54.3 Å². The van der Waals surface area contributed by atoms with Gasteiger partial charge in [-0.05, 0) is 62.3 Å². The molecule has 1 fully saturated rings. The highest BCUT2D eigenvalue weighted by molar-refractivity contribution is 7.18. The van der Waals surface area contributed by atoms with Gasteiger partial charge in [-0.2, -0.15) is 0 Å². The number of aromatic carboxylic acids is 1. The van der Waals surface area contributed by atoms with Crippen molar-refractivity contribution in [2.45, 2.75) is 45.6 Å². The average molecular weight is 539 g/mol. The third kappa shape index (κ3) is 6.14. The fourth-order valence-electron chi connectivity index (χ4n) is 4.89. The quantitative estimate of drug-likeness (QED) is 0.383. The number of thiophene rings is 1. The Bertz CT molecular complexity index is 1290. The zero-order valence-electron chi connectivity index (χ0n) is 22.1. The summed E-state index contributed by atoms with van der Waals surface area (Å²) in [6, 6.07) is 8.62. The summed E-state index contributed by atoms with van der Waals surface area (Å²) in [5, 5.41) is 12.9. The van der Waals surface area contributed by atoms with E-state index < -0.39 is 5.97 Å². The largest absolute Gasteiger partial charge is 0.477 e. The van der Waals surface area contributed by atoms with E-state index >= 15 is 0 Å². The van der Waals surface area contributed by atoms with Crippen LogP contribution in [0.4, 0.5) is 11.4 Å². The van der Waals surface area contributed by atoms with Crippen LogP contribution in [0.1, 0.15) is 59.7 Å². The molecule has 1 atom stereocenters. The second kappa shape index (κ2) is 11.9. The summed E-state index contributed by atoms with van der Waals surface area (Å²) in [6.07, 6.45) is 6.79. The molecule has 2 N–H and O–H groups in total. The Morgan fingerprint density at radius 2 is 1.89 bits per heavy atom. The molecule has 1 saturated carbocycles. The number of amides is 2. The lowest BCUT2D eigenvalue weighted by Crippen LogP contribution is -2.45. The Morgan fingerprint density at radius 3 is 2.47 bits per heavy atom. The fraction of sp³-hybridized carbons (Fsp3) is 0.429. The van der Waals surface area contributed by atoms with E-state index in [-0.39, 0.29) is 28.7 Å². The first-order valence-corrected chi connectivity index (χ1v) is 13.6. The molecule has 1 aliphatic carbocycles. The van der Waals surface area contributed by atoms with Crippen LogP contribution in [0.2, 0.25) is 0 Å². The van der Waals surface area contributed by atoms with Crippen LogP contribution in [-0.2, 0) is 16.6 Å². The van der Waals surface area contributed by atoms with Crippen LogP contribution in [0.5, 0.6) is 0 Å². The zero-order valence-corrected chi connectivity index (χ0v) is 23.0. The van der Waals surface area contributed by atoms with Crippen molar-refractivity contribution in [1.29, 1.82) is 0 Å². The zero-order chi connectivity index (χ0) is 27.4. The van der Waals surface area contributed by atoms with Gasteiger partial charge in [0.25, 0.3) is 5.91 Å². The topological polar surface area (TPSA) is 114 Å². The van der Waals surface area contributed by atoms with Crippen molar-refractivity contribution < 1.29 is 24.2 Å². The summed E-state index contributed by atoms with van der Waals surface area (Å²) in [6.45, 7) is 4.38. The summed E-state index contributed by atoms with van der Waals surface area (Å²) in [4.78, 5) is 45.0. The van der Waals surface area contributed by atoms with Gasteiger partial charge in [-0.25, -0.2) is 9.78 Å². The van der Waals surface area contributed by atoms with E-state index in [0.717, 1.165) is 47.5 Å². The van der Waals surface area contributed by atoms with Crippen molar-refractivity contribution in [3.63, 3.8) is 0 Å². The molecule has 3 aromatic rings. The molecule has 0 saturated heterocycles. The Balaban J connectivity index is 1.61. The monoisotopic (exact) mass is 538 g/mol. The smallest absolute Gasteiger partial charge is 0.348 e. The SMILES string of the molecule is COCC(C)N(C(=O)C1CCC(C)CC1)c1cc(-c2ccc(NC(=O)c3cn(C)cn3)cc2)sc1C(=O)O. The first-order valence-electron chi connectivity index (χ1n) is 12.8. The fourth-order valence-corrected chi connectivity index (χ4v) is 5.89. The molecule has 4 rings (SSSR count). The number of carboxylic acids is 1. The van der Waals surface area contributed by atoms with Gasteiger partial charge in [0, 0.05) is 36.8 Å². The van der Waals surface area contributed by atoms with E-state index in [1.165, 1.54) is 0 Å². The molecule has 2 heterocycles. The molecule has 0 spiro atoms. The van der Waals surface area contributed by atoms with Crippen LogP contribution in [0, 0.1) is 11.8 Å². The number of methoxy groups -OCH3 is 1. The first kappa shape index (κ1) is 27.5. The number of carbonyl (C=O) groups excluding carboxylic acids is 2. The second-order valence-corrected chi connectivity index (χ2v) is 11.1. The third-order valence-corrected chi connectivity index (χ3v) is 8.14. The number of benzene rings is 1. The van der Waals surface area contributed by atoms with E-state index in [2.05, 4.69) is 17.2 Å². The van der Waals surface area contributed by atoms with E-state index in [9.17, 15) is 19.5 Å². The minimum absolute atomic E-state index is 0.0409. The Labute approximate surface area is 226 Å². The number of aryl methyl sites for hydroxylation is 1. The number of anilines is 2. The molecule has 0 bridgehead atoms. The van der Waals surface area contributed by atoms with Crippen LogP contribution in [-0.4, -0.2) is 52.2 Å². The summed E-state index contributed by atoms with van der Waals surface area (Å²) in [7, 11) is 3.37. The molecular formula is C28H34N4O5S. The van der Waals surface area contributed by atoms with Gasteiger partial charge in [0.1, 0.15) is 10.6 Å². The number of carboxylic acid groups (broad SMARTS) is 1. The minimum Gasteiger partial charge on any atom is -0.477 e. The number of hydrogen-bond donors (Lipinski definition) is 2. The lowest BCUT2D eigenvalue weighted by molar-refractivity contribution is -0.124. The second-order valence-electron chi connectivity index (χ2n) is 10.1. The maximum Gasteiger partial charge on any atom is 0.348 e. The molecule has 1 unspecified atom stereocenters. The number of carbonyl (C=O) groups is 3. The molecule has 9 nitrogen and oxygen atoms in total.